The van der Waals surface area contributed by atoms with Crippen molar-refractivity contribution < 1.29 is 14.3 Å². The van der Waals surface area contributed by atoms with Crippen LogP contribution in [0.3, 0.4) is 0 Å². The van der Waals surface area contributed by atoms with Gasteiger partial charge >= 0.3 is 0 Å². The number of rotatable bonds is 10. The average molecular weight is 494 g/mol. The highest BCUT2D eigenvalue weighted by atomic mass is 32.1. The van der Waals surface area contributed by atoms with E-state index < -0.39 is 0 Å². The molecule has 7 heteroatoms. The summed E-state index contributed by atoms with van der Waals surface area (Å²) >= 11 is 1.82. The van der Waals surface area contributed by atoms with Crippen LogP contribution in [-0.4, -0.2) is 63.5 Å². The van der Waals surface area contributed by atoms with Crippen LogP contribution in [0.15, 0.2) is 47.8 Å². The van der Waals surface area contributed by atoms with Gasteiger partial charge < -0.3 is 14.4 Å². The first kappa shape index (κ1) is 24.1. The summed E-state index contributed by atoms with van der Waals surface area (Å²) in [7, 11) is 0. The normalized spacial score (nSPS) is 16.7. The predicted octanol–water partition coefficient (Wildman–Crippen LogP) is 5.16. The van der Waals surface area contributed by atoms with E-state index in [0.717, 1.165) is 63.4 Å². The van der Waals surface area contributed by atoms with Crippen LogP contribution < -0.4 is 14.5 Å². The Kier molecular flexibility index (Phi) is 7.86. The van der Waals surface area contributed by atoms with Gasteiger partial charge in [-0.15, -0.1) is 11.3 Å². The minimum Gasteiger partial charge on any atom is -0.494 e. The van der Waals surface area contributed by atoms with E-state index in [1.807, 2.05) is 30.4 Å². The molecule has 0 aliphatic carbocycles. The number of unbranched alkanes of at least 4 members (excludes halogenated alkanes) is 1. The molecule has 6 nitrogen and oxygen atoms in total. The Morgan fingerprint density at radius 3 is 2.71 bits per heavy atom. The Bertz CT molecular complexity index is 1140. The Morgan fingerprint density at radius 2 is 1.86 bits per heavy atom. The monoisotopic (exact) mass is 493 g/mol. The van der Waals surface area contributed by atoms with Gasteiger partial charge in [-0.1, -0.05) is 12.1 Å². The van der Waals surface area contributed by atoms with E-state index in [0.29, 0.717) is 26.4 Å². The van der Waals surface area contributed by atoms with Crippen LogP contribution in [0.2, 0.25) is 0 Å². The lowest BCUT2D eigenvalue weighted by atomic mass is 10.0. The summed E-state index contributed by atoms with van der Waals surface area (Å²) in [6, 6.07) is 15.0. The number of benzene rings is 2. The Morgan fingerprint density at radius 1 is 0.971 bits per heavy atom. The maximum Gasteiger partial charge on any atom is 0.229 e. The van der Waals surface area contributed by atoms with Crippen LogP contribution in [0.5, 0.6) is 5.75 Å². The maximum atomic E-state index is 12.4. The first-order valence-electron chi connectivity index (χ1n) is 12.8. The van der Waals surface area contributed by atoms with Gasteiger partial charge in [0.05, 0.1) is 12.3 Å². The van der Waals surface area contributed by atoms with Gasteiger partial charge in [-0.25, -0.2) is 0 Å². The molecule has 2 aliphatic heterocycles. The fourth-order valence-electron chi connectivity index (χ4n) is 5.02. The number of aryl methyl sites for hydroxylation is 1. The first-order valence-corrected chi connectivity index (χ1v) is 13.7. The number of nitrogens with zero attached hydrogens (tertiary/aromatic N) is 3. The molecule has 0 saturated carbocycles. The summed E-state index contributed by atoms with van der Waals surface area (Å²) < 4.78 is 12.9. The number of ether oxygens (including phenoxy) is 2. The highest BCUT2D eigenvalue weighted by molar-refractivity contribution is 7.17. The number of hydrogen-bond donors (Lipinski definition) is 0. The molecule has 2 aromatic carbocycles. The standard InChI is InChI=1S/C28H35N3O3S/c1-2-33-21-31-26-20-23(10-8-22(26)9-11-28(31)32)34-18-4-3-13-29-14-16-30(17-15-29)25-6-5-7-27-24(25)12-19-35-27/h5-8,10,12,19-20H,2-4,9,11,13-18,21H2,1H3. The predicted molar refractivity (Wildman–Crippen MR) is 144 cm³/mol. The number of amides is 1. The minimum atomic E-state index is 0.121. The third-order valence-electron chi connectivity index (χ3n) is 7.00. The average Bonchev–Trinajstić information content (AvgIpc) is 3.38. The molecule has 0 unspecified atom stereocenters. The minimum absolute atomic E-state index is 0.121. The molecule has 0 atom stereocenters. The maximum absolute atomic E-state index is 12.4. The fourth-order valence-corrected chi connectivity index (χ4v) is 5.83. The third kappa shape index (κ3) is 5.63. The van der Waals surface area contributed by atoms with E-state index in [2.05, 4.69) is 45.5 Å². The summed E-state index contributed by atoms with van der Waals surface area (Å²) in [6.07, 6.45) is 3.47. The lowest BCUT2D eigenvalue weighted by Crippen LogP contribution is -2.46. The molecule has 3 heterocycles. The summed E-state index contributed by atoms with van der Waals surface area (Å²) in [5, 5.41) is 3.57. The molecule has 0 radical (unpaired) electrons. The molecule has 0 N–H and O–H groups in total. The van der Waals surface area contributed by atoms with E-state index in [1.54, 1.807) is 4.90 Å². The molecule has 1 aromatic heterocycles. The van der Waals surface area contributed by atoms with Crippen molar-refractivity contribution in [2.24, 2.45) is 0 Å². The van der Waals surface area contributed by atoms with Crippen molar-refractivity contribution in [2.75, 3.05) is 62.5 Å². The van der Waals surface area contributed by atoms with Crippen molar-refractivity contribution in [1.82, 2.24) is 4.90 Å². The zero-order valence-corrected chi connectivity index (χ0v) is 21.4. The van der Waals surface area contributed by atoms with Crippen molar-refractivity contribution in [1.29, 1.82) is 0 Å². The van der Waals surface area contributed by atoms with Gasteiger partial charge in [-0.3, -0.25) is 14.6 Å². The molecule has 3 aromatic rings. The molecule has 1 saturated heterocycles. The lowest BCUT2D eigenvalue weighted by molar-refractivity contribution is -0.120. The quantitative estimate of drug-likeness (QED) is 0.365. The topological polar surface area (TPSA) is 45.2 Å². The lowest BCUT2D eigenvalue weighted by Gasteiger charge is -2.36. The summed E-state index contributed by atoms with van der Waals surface area (Å²) in [5.41, 5.74) is 3.50. The van der Waals surface area contributed by atoms with Gasteiger partial charge in [0, 0.05) is 61.0 Å². The van der Waals surface area contributed by atoms with Crippen molar-refractivity contribution in [3.63, 3.8) is 0 Å². The SMILES string of the molecule is CCOCN1C(=O)CCc2ccc(OCCCCN3CCN(c4cccc5sccc45)CC3)cc21. The zero-order chi connectivity index (χ0) is 24.0. The molecular weight excluding hydrogens is 458 g/mol. The van der Waals surface area contributed by atoms with Crippen LogP contribution in [0.25, 0.3) is 10.1 Å². The molecule has 0 bridgehead atoms. The summed E-state index contributed by atoms with van der Waals surface area (Å²) in [4.78, 5) is 19.2. The second kappa shape index (κ2) is 11.4. The van der Waals surface area contributed by atoms with E-state index >= 15 is 0 Å². The van der Waals surface area contributed by atoms with Gasteiger partial charge in [-0.05, 0) is 67.9 Å². The summed E-state index contributed by atoms with van der Waals surface area (Å²) in [5.74, 6) is 0.950. The van der Waals surface area contributed by atoms with Crippen LogP contribution in [0.4, 0.5) is 11.4 Å². The second-order valence-corrected chi connectivity index (χ2v) is 10.2. The smallest absolute Gasteiger partial charge is 0.229 e. The van der Waals surface area contributed by atoms with E-state index in [-0.39, 0.29) is 5.91 Å². The van der Waals surface area contributed by atoms with E-state index in [1.165, 1.54) is 21.3 Å². The number of thiophene rings is 1. The summed E-state index contributed by atoms with van der Waals surface area (Å²) in [6.45, 7) is 9.02. The molecule has 35 heavy (non-hydrogen) atoms. The molecular formula is C28H35N3O3S. The molecule has 2 aliphatic rings. The number of carbonyl (C=O) groups excluding carboxylic acids is 1. The number of anilines is 2. The van der Waals surface area contributed by atoms with Crippen molar-refractivity contribution in [3.05, 3.63) is 53.4 Å². The largest absolute Gasteiger partial charge is 0.494 e. The van der Waals surface area contributed by atoms with Crippen LogP contribution in [-0.2, 0) is 16.0 Å². The van der Waals surface area contributed by atoms with Gasteiger partial charge in [-0.2, -0.15) is 0 Å². The van der Waals surface area contributed by atoms with Gasteiger partial charge in [0.25, 0.3) is 0 Å². The van der Waals surface area contributed by atoms with Crippen molar-refractivity contribution in [3.8, 4) is 5.75 Å². The second-order valence-electron chi connectivity index (χ2n) is 9.23. The number of fused-ring (bicyclic) bond motifs is 2. The van der Waals surface area contributed by atoms with Crippen LogP contribution in [0.1, 0.15) is 31.7 Å². The van der Waals surface area contributed by atoms with Gasteiger partial charge in [0.1, 0.15) is 12.5 Å². The highest BCUT2D eigenvalue weighted by Gasteiger charge is 2.24. The van der Waals surface area contributed by atoms with Gasteiger partial charge in [0.2, 0.25) is 5.91 Å². The Hall–Kier alpha value is -2.61. The molecule has 1 fully saturated rings. The van der Waals surface area contributed by atoms with Crippen molar-refractivity contribution in [2.45, 2.75) is 32.6 Å². The number of piperazine rings is 1. The van der Waals surface area contributed by atoms with E-state index in [9.17, 15) is 4.79 Å². The third-order valence-corrected chi connectivity index (χ3v) is 7.89. The fraction of sp³-hybridized carbons (Fsp3) is 0.464. The van der Waals surface area contributed by atoms with E-state index in [4.69, 9.17) is 9.47 Å². The van der Waals surface area contributed by atoms with Crippen molar-refractivity contribution >= 4 is 38.7 Å². The Balaban J connectivity index is 1.05. The van der Waals surface area contributed by atoms with Crippen LogP contribution >= 0.6 is 11.3 Å². The molecule has 1 amide bonds. The van der Waals surface area contributed by atoms with Gasteiger partial charge in [0.15, 0.2) is 0 Å². The van der Waals surface area contributed by atoms with Crippen LogP contribution in [0, 0.1) is 0 Å². The molecule has 0 spiro atoms. The zero-order valence-electron chi connectivity index (χ0n) is 20.6. The number of carbonyl (C=O) groups is 1. The molecule has 186 valence electrons. The number of hydrogen-bond acceptors (Lipinski definition) is 6. The highest BCUT2D eigenvalue weighted by Crippen LogP contribution is 2.32. The molecule has 5 rings (SSSR count). The first-order chi connectivity index (χ1) is 17.2. The Labute approximate surface area is 212 Å².